The van der Waals surface area contributed by atoms with Crippen molar-refractivity contribution in [2.24, 2.45) is 0 Å². The van der Waals surface area contributed by atoms with Gasteiger partial charge >= 0.3 is 5.97 Å². The Morgan fingerprint density at radius 3 is 2.59 bits per heavy atom. The van der Waals surface area contributed by atoms with Crippen LogP contribution in [0, 0.1) is 0 Å². The second kappa shape index (κ2) is 7.89. The Morgan fingerprint density at radius 2 is 1.90 bits per heavy atom. The van der Waals surface area contributed by atoms with Crippen LogP contribution in [0.3, 0.4) is 0 Å². The average molecular weight is 428 g/mol. The molecule has 0 saturated heterocycles. The van der Waals surface area contributed by atoms with Gasteiger partial charge in [0.25, 0.3) is 5.91 Å². The molecule has 0 fully saturated rings. The van der Waals surface area contributed by atoms with E-state index < -0.39 is 5.97 Å². The van der Waals surface area contributed by atoms with E-state index in [1.807, 2.05) is 36.4 Å². The van der Waals surface area contributed by atoms with E-state index in [0.29, 0.717) is 27.8 Å². The minimum absolute atomic E-state index is 0.0411. The number of thiophene rings is 1. The Labute approximate surface area is 177 Å². The molecule has 0 bridgehead atoms. The quantitative estimate of drug-likeness (QED) is 0.611. The van der Waals surface area contributed by atoms with Crippen LogP contribution < -0.4 is 10.1 Å². The fourth-order valence-corrected chi connectivity index (χ4v) is 4.75. The zero-order chi connectivity index (χ0) is 20.5. The molecule has 148 valence electrons. The summed E-state index contributed by atoms with van der Waals surface area (Å²) in [5.41, 5.74) is 3.30. The number of hydrogen-bond acceptors (Lipinski definition) is 5. The van der Waals surface area contributed by atoms with Gasteiger partial charge in [0.1, 0.15) is 11.3 Å². The maximum Gasteiger partial charge on any atom is 0.341 e. The van der Waals surface area contributed by atoms with Crippen LogP contribution >= 0.6 is 22.9 Å². The number of fused-ring (bicyclic) bond motifs is 1. The smallest absolute Gasteiger partial charge is 0.341 e. The van der Waals surface area contributed by atoms with Crippen molar-refractivity contribution in [1.82, 2.24) is 5.32 Å². The van der Waals surface area contributed by atoms with Gasteiger partial charge in [0.05, 0.1) is 19.1 Å². The number of amides is 1. The maximum absolute atomic E-state index is 12.5. The van der Waals surface area contributed by atoms with Gasteiger partial charge in [0, 0.05) is 22.4 Å². The Balaban J connectivity index is 1.76. The van der Waals surface area contributed by atoms with Crippen molar-refractivity contribution < 1.29 is 19.1 Å². The molecule has 2 aromatic carbocycles. The maximum atomic E-state index is 12.5. The van der Waals surface area contributed by atoms with Gasteiger partial charge in [-0.05, 0) is 47.0 Å². The molecule has 5 nitrogen and oxygen atoms in total. The highest BCUT2D eigenvalue weighted by Gasteiger charge is 2.30. The Hall–Kier alpha value is -2.83. The lowest BCUT2D eigenvalue weighted by atomic mass is 9.88. The SMILES string of the molecule is COC(=O)c1ccc(C2CNC(=O)c3sc(-c4ccc(Cl)cc4)cc32)cc1OC. The molecule has 2 heterocycles. The van der Waals surface area contributed by atoms with E-state index in [-0.39, 0.29) is 11.8 Å². The Morgan fingerprint density at radius 1 is 1.14 bits per heavy atom. The molecule has 1 aromatic heterocycles. The number of ether oxygens (including phenoxy) is 2. The number of nitrogens with one attached hydrogen (secondary N) is 1. The second-order valence-corrected chi connectivity index (χ2v) is 8.10. The monoisotopic (exact) mass is 427 g/mol. The van der Waals surface area contributed by atoms with Gasteiger partial charge in [0.15, 0.2) is 0 Å². The number of benzene rings is 2. The van der Waals surface area contributed by atoms with Crippen LogP contribution in [0.25, 0.3) is 10.4 Å². The second-order valence-electron chi connectivity index (χ2n) is 6.62. The summed E-state index contributed by atoms with van der Waals surface area (Å²) in [6.45, 7) is 0.476. The number of halogens is 1. The highest BCUT2D eigenvalue weighted by Crippen LogP contribution is 2.40. The van der Waals surface area contributed by atoms with Gasteiger partial charge in [-0.3, -0.25) is 4.79 Å². The topological polar surface area (TPSA) is 64.6 Å². The third-order valence-corrected chi connectivity index (χ3v) is 6.42. The number of carbonyl (C=O) groups excluding carboxylic acids is 2. The van der Waals surface area contributed by atoms with Crippen LogP contribution in [0.2, 0.25) is 5.02 Å². The lowest BCUT2D eigenvalue weighted by Crippen LogP contribution is -2.34. The van der Waals surface area contributed by atoms with Crippen LogP contribution in [-0.4, -0.2) is 32.6 Å². The molecule has 0 saturated carbocycles. The predicted molar refractivity (Wildman–Crippen MR) is 113 cm³/mol. The van der Waals surface area contributed by atoms with E-state index in [2.05, 4.69) is 11.4 Å². The van der Waals surface area contributed by atoms with E-state index in [1.165, 1.54) is 25.6 Å². The number of esters is 1. The zero-order valence-corrected chi connectivity index (χ0v) is 17.4. The van der Waals surface area contributed by atoms with Crippen molar-refractivity contribution in [3.8, 4) is 16.2 Å². The standard InChI is InChI=1S/C22H18ClNO4S/c1-27-18-9-13(5-8-15(18)22(26)28-2)17-11-24-21(25)20-16(17)10-19(29-20)12-3-6-14(23)7-4-12/h3-10,17H,11H2,1-2H3,(H,24,25). The molecule has 0 aliphatic carbocycles. The molecular weight excluding hydrogens is 410 g/mol. The molecule has 1 amide bonds. The molecule has 1 atom stereocenters. The number of carbonyl (C=O) groups is 2. The Kier molecular flexibility index (Phi) is 5.30. The van der Waals surface area contributed by atoms with Crippen LogP contribution in [0.1, 0.15) is 37.1 Å². The molecule has 1 unspecified atom stereocenters. The van der Waals surface area contributed by atoms with Gasteiger partial charge in [-0.1, -0.05) is 29.8 Å². The molecule has 4 rings (SSSR count). The first-order valence-electron chi connectivity index (χ1n) is 8.96. The zero-order valence-electron chi connectivity index (χ0n) is 15.8. The molecule has 3 aromatic rings. The van der Waals surface area contributed by atoms with Crippen molar-refractivity contribution in [3.63, 3.8) is 0 Å². The van der Waals surface area contributed by atoms with Crippen LogP contribution in [0.5, 0.6) is 5.75 Å². The molecule has 1 aliphatic heterocycles. The highest BCUT2D eigenvalue weighted by atomic mass is 35.5. The number of hydrogen-bond donors (Lipinski definition) is 1. The highest BCUT2D eigenvalue weighted by molar-refractivity contribution is 7.17. The van der Waals surface area contributed by atoms with Crippen molar-refractivity contribution in [1.29, 1.82) is 0 Å². The van der Waals surface area contributed by atoms with Crippen molar-refractivity contribution in [2.75, 3.05) is 20.8 Å². The number of methoxy groups -OCH3 is 2. The third kappa shape index (κ3) is 3.61. The largest absolute Gasteiger partial charge is 0.496 e. The summed E-state index contributed by atoms with van der Waals surface area (Å²) in [5, 5.41) is 3.63. The normalized spacial score (nSPS) is 15.4. The minimum Gasteiger partial charge on any atom is -0.496 e. The van der Waals surface area contributed by atoms with E-state index in [0.717, 1.165) is 21.6 Å². The van der Waals surface area contributed by atoms with Crippen LogP contribution in [0.4, 0.5) is 0 Å². The van der Waals surface area contributed by atoms with Crippen LogP contribution in [-0.2, 0) is 4.74 Å². The molecule has 7 heteroatoms. The fourth-order valence-electron chi connectivity index (χ4n) is 3.48. The minimum atomic E-state index is -0.452. The molecular formula is C22H18ClNO4S. The number of rotatable bonds is 4. The summed E-state index contributed by atoms with van der Waals surface area (Å²) in [6.07, 6.45) is 0. The first kappa shape index (κ1) is 19.5. The van der Waals surface area contributed by atoms with Crippen LogP contribution in [0.15, 0.2) is 48.5 Å². The van der Waals surface area contributed by atoms with Crippen molar-refractivity contribution in [3.05, 3.63) is 75.1 Å². The van der Waals surface area contributed by atoms with Gasteiger partial charge in [-0.2, -0.15) is 0 Å². The van der Waals surface area contributed by atoms with E-state index in [4.69, 9.17) is 21.1 Å². The summed E-state index contributed by atoms with van der Waals surface area (Å²) >= 11 is 7.46. The van der Waals surface area contributed by atoms with Gasteiger partial charge in [-0.25, -0.2) is 4.79 Å². The lowest BCUT2D eigenvalue weighted by molar-refractivity contribution is 0.0597. The molecule has 1 aliphatic rings. The summed E-state index contributed by atoms with van der Waals surface area (Å²) in [7, 11) is 2.85. The Bertz CT molecular complexity index is 1090. The van der Waals surface area contributed by atoms with Gasteiger partial charge in [0.2, 0.25) is 0 Å². The van der Waals surface area contributed by atoms with Crippen molar-refractivity contribution in [2.45, 2.75) is 5.92 Å². The van der Waals surface area contributed by atoms with E-state index >= 15 is 0 Å². The molecule has 29 heavy (non-hydrogen) atoms. The summed E-state index contributed by atoms with van der Waals surface area (Å²) in [4.78, 5) is 26.1. The first-order valence-corrected chi connectivity index (χ1v) is 10.2. The molecule has 0 radical (unpaired) electrons. The first-order chi connectivity index (χ1) is 14.0. The van der Waals surface area contributed by atoms with Gasteiger partial charge < -0.3 is 14.8 Å². The fraction of sp³-hybridized carbons (Fsp3) is 0.182. The predicted octanol–water partition coefficient (Wildman–Crippen LogP) is 4.74. The van der Waals surface area contributed by atoms with Crippen molar-refractivity contribution >= 4 is 34.8 Å². The summed E-state index contributed by atoms with van der Waals surface area (Å²) in [6, 6.07) is 15.0. The van der Waals surface area contributed by atoms with E-state index in [1.54, 1.807) is 6.07 Å². The van der Waals surface area contributed by atoms with E-state index in [9.17, 15) is 9.59 Å². The third-order valence-electron chi connectivity index (χ3n) is 4.97. The molecule has 1 N–H and O–H groups in total. The summed E-state index contributed by atoms with van der Waals surface area (Å²) < 4.78 is 10.2. The van der Waals surface area contributed by atoms with Gasteiger partial charge in [-0.15, -0.1) is 11.3 Å². The summed E-state index contributed by atoms with van der Waals surface area (Å²) in [5.74, 6) is -0.118. The molecule has 0 spiro atoms. The lowest BCUT2D eigenvalue weighted by Gasteiger charge is -2.24. The average Bonchev–Trinajstić information content (AvgIpc) is 3.20.